The predicted molar refractivity (Wildman–Crippen MR) is 120 cm³/mol. The highest BCUT2D eigenvalue weighted by Crippen LogP contribution is 2.36. The van der Waals surface area contributed by atoms with Gasteiger partial charge in [0.15, 0.2) is 0 Å². The van der Waals surface area contributed by atoms with Crippen molar-refractivity contribution in [3.05, 3.63) is 89.6 Å². The molecule has 0 amide bonds. The van der Waals surface area contributed by atoms with E-state index in [1.807, 2.05) is 42.6 Å². The fraction of sp³-hybridized carbons (Fsp3) is 0.192. The Kier molecular flexibility index (Phi) is 6.40. The Labute approximate surface area is 189 Å². The van der Waals surface area contributed by atoms with Gasteiger partial charge in [0.2, 0.25) is 0 Å². The summed E-state index contributed by atoms with van der Waals surface area (Å²) in [6.07, 6.45) is -1.91. The molecular weight excluding hydrogens is 431 g/mol. The van der Waals surface area contributed by atoms with Gasteiger partial charge >= 0.3 is 12.1 Å². The molecule has 0 fully saturated rings. The largest absolute Gasteiger partial charge is 0.488 e. The maximum Gasteiger partial charge on any atom is 0.416 e. The van der Waals surface area contributed by atoms with Crippen LogP contribution >= 0.6 is 0 Å². The number of esters is 1. The average molecular weight is 453 g/mol. The van der Waals surface area contributed by atoms with Gasteiger partial charge in [-0.3, -0.25) is 4.79 Å². The smallest absolute Gasteiger partial charge is 0.416 e. The van der Waals surface area contributed by atoms with E-state index in [1.54, 1.807) is 12.1 Å². The molecular formula is C26H22F3NO3. The molecule has 0 aliphatic carbocycles. The minimum absolute atomic E-state index is 0.0619. The monoisotopic (exact) mass is 453 g/mol. The van der Waals surface area contributed by atoms with E-state index >= 15 is 0 Å². The number of benzene rings is 3. The van der Waals surface area contributed by atoms with Gasteiger partial charge in [0.05, 0.1) is 12.7 Å². The molecule has 170 valence electrons. The van der Waals surface area contributed by atoms with Crippen LogP contribution in [0.3, 0.4) is 0 Å². The number of nitrogens with one attached hydrogen (secondary N) is 1. The Morgan fingerprint density at radius 3 is 2.61 bits per heavy atom. The van der Waals surface area contributed by atoms with E-state index in [1.165, 1.54) is 19.2 Å². The summed E-state index contributed by atoms with van der Waals surface area (Å²) in [4.78, 5) is 14.7. The lowest BCUT2D eigenvalue weighted by atomic mass is 9.98. The second-order valence-corrected chi connectivity index (χ2v) is 7.63. The number of carbonyl (C=O) groups excluding carboxylic acids is 1. The third-order valence-corrected chi connectivity index (χ3v) is 5.46. The normalized spacial score (nSPS) is 11.5. The maximum atomic E-state index is 13.4. The molecule has 4 rings (SSSR count). The van der Waals surface area contributed by atoms with Gasteiger partial charge in [-0.15, -0.1) is 0 Å². The Hall–Kier alpha value is -3.74. The molecule has 0 saturated carbocycles. The quantitative estimate of drug-likeness (QED) is 0.323. The molecule has 0 spiro atoms. The molecule has 33 heavy (non-hydrogen) atoms. The van der Waals surface area contributed by atoms with Crippen molar-refractivity contribution in [3.63, 3.8) is 0 Å². The number of hydrogen-bond acceptors (Lipinski definition) is 3. The van der Waals surface area contributed by atoms with Crippen LogP contribution in [0, 0.1) is 0 Å². The lowest BCUT2D eigenvalue weighted by Gasteiger charge is -2.16. The summed E-state index contributed by atoms with van der Waals surface area (Å²) in [5.74, 6) is 0.151. The highest BCUT2D eigenvalue weighted by Gasteiger charge is 2.33. The van der Waals surface area contributed by atoms with Crippen molar-refractivity contribution in [3.8, 4) is 16.9 Å². The van der Waals surface area contributed by atoms with Crippen LogP contribution in [-0.2, 0) is 28.7 Å². The first kappa shape index (κ1) is 22.5. The second kappa shape index (κ2) is 9.40. The van der Waals surface area contributed by atoms with E-state index in [4.69, 9.17) is 9.47 Å². The van der Waals surface area contributed by atoms with Crippen molar-refractivity contribution in [1.82, 2.24) is 4.98 Å². The van der Waals surface area contributed by atoms with Crippen LogP contribution in [0.2, 0.25) is 0 Å². The zero-order valence-electron chi connectivity index (χ0n) is 17.9. The van der Waals surface area contributed by atoms with Crippen molar-refractivity contribution < 1.29 is 27.4 Å². The van der Waals surface area contributed by atoms with Crippen molar-refractivity contribution >= 4 is 16.9 Å². The summed E-state index contributed by atoms with van der Waals surface area (Å²) < 4.78 is 50.7. The molecule has 0 aliphatic heterocycles. The minimum Gasteiger partial charge on any atom is -0.488 e. The number of aromatic amines is 1. The molecule has 4 nitrogen and oxygen atoms in total. The number of H-pyrrole nitrogens is 1. The van der Waals surface area contributed by atoms with E-state index in [9.17, 15) is 18.0 Å². The molecule has 0 unspecified atom stereocenters. The average Bonchev–Trinajstić information content (AvgIpc) is 3.29. The summed E-state index contributed by atoms with van der Waals surface area (Å²) in [7, 11) is 1.34. The number of methoxy groups -OCH3 is 1. The Morgan fingerprint density at radius 1 is 1.00 bits per heavy atom. The third-order valence-electron chi connectivity index (χ3n) is 5.46. The van der Waals surface area contributed by atoms with E-state index in [0.29, 0.717) is 12.2 Å². The Bertz CT molecular complexity index is 1280. The van der Waals surface area contributed by atoms with Crippen molar-refractivity contribution in [2.75, 3.05) is 7.11 Å². The van der Waals surface area contributed by atoms with Gasteiger partial charge in [-0.25, -0.2) is 0 Å². The molecule has 0 saturated heterocycles. The van der Waals surface area contributed by atoms with Gasteiger partial charge < -0.3 is 14.5 Å². The zero-order valence-corrected chi connectivity index (χ0v) is 17.9. The first-order valence-electron chi connectivity index (χ1n) is 10.4. The summed E-state index contributed by atoms with van der Waals surface area (Å²) in [5, 5.41) is 1.00. The Morgan fingerprint density at radius 2 is 1.82 bits per heavy atom. The highest BCUT2D eigenvalue weighted by atomic mass is 19.4. The molecule has 0 radical (unpaired) electrons. The van der Waals surface area contributed by atoms with Gasteiger partial charge in [-0.1, -0.05) is 30.3 Å². The topological polar surface area (TPSA) is 51.3 Å². The number of halogens is 3. The van der Waals surface area contributed by atoms with Crippen LogP contribution < -0.4 is 4.74 Å². The zero-order chi connectivity index (χ0) is 23.4. The van der Waals surface area contributed by atoms with Crippen LogP contribution in [0.4, 0.5) is 13.2 Å². The number of aromatic nitrogens is 1. The van der Waals surface area contributed by atoms with Crippen LogP contribution in [0.5, 0.6) is 5.75 Å². The second-order valence-electron chi connectivity index (χ2n) is 7.63. The number of fused-ring (bicyclic) bond motifs is 1. The summed E-state index contributed by atoms with van der Waals surface area (Å²) in [6.45, 7) is -0.226. The fourth-order valence-electron chi connectivity index (χ4n) is 3.73. The molecule has 3 aromatic carbocycles. The fourth-order valence-corrected chi connectivity index (χ4v) is 3.73. The van der Waals surface area contributed by atoms with Crippen LogP contribution in [0.1, 0.15) is 23.1 Å². The lowest BCUT2D eigenvalue weighted by Crippen LogP contribution is -2.11. The van der Waals surface area contributed by atoms with Gasteiger partial charge in [-0.2, -0.15) is 13.2 Å². The summed E-state index contributed by atoms with van der Waals surface area (Å²) in [5.41, 5.74) is 2.82. The van der Waals surface area contributed by atoms with Gasteiger partial charge in [0.25, 0.3) is 0 Å². The summed E-state index contributed by atoms with van der Waals surface area (Å²) >= 11 is 0. The van der Waals surface area contributed by atoms with Gasteiger partial charge in [0, 0.05) is 29.3 Å². The van der Waals surface area contributed by atoms with Crippen molar-refractivity contribution in [2.24, 2.45) is 0 Å². The van der Waals surface area contributed by atoms with E-state index in [-0.39, 0.29) is 24.6 Å². The molecule has 0 aliphatic rings. The summed E-state index contributed by atoms with van der Waals surface area (Å²) in [6, 6.07) is 18.6. The van der Waals surface area contributed by atoms with Crippen LogP contribution in [-0.4, -0.2) is 18.1 Å². The van der Waals surface area contributed by atoms with Crippen molar-refractivity contribution in [2.45, 2.75) is 25.6 Å². The molecule has 4 aromatic rings. The highest BCUT2D eigenvalue weighted by molar-refractivity contribution is 5.86. The molecule has 7 heteroatoms. The maximum absolute atomic E-state index is 13.4. The third kappa shape index (κ3) is 5.19. The first-order chi connectivity index (χ1) is 15.8. The molecule has 1 aromatic heterocycles. The first-order valence-corrected chi connectivity index (χ1v) is 10.4. The standard InChI is InChI=1S/C26H22F3NO3/c1-32-25(31)11-7-17-6-10-24(33-16-20-4-2-3-5-22(20)26(27,28)29)21(14-17)18-8-9-23-19(15-18)12-13-30-23/h2-6,8-10,12-15,30H,7,11,16H2,1H3. The van der Waals surface area contributed by atoms with Crippen LogP contribution in [0.15, 0.2) is 72.9 Å². The number of rotatable bonds is 7. The predicted octanol–water partition coefficient (Wildman–Crippen LogP) is 6.54. The van der Waals surface area contributed by atoms with Gasteiger partial charge in [-0.05, 0) is 59.3 Å². The number of carbonyl (C=O) groups is 1. The van der Waals surface area contributed by atoms with E-state index in [2.05, 4.69) is 4.98 Å². The molecule has 0 atom stereocenters. The number of aryl methyl sites for hydroxylation is 1. The molecule has 0 bridgehead atoms. The minimum atomic E-state index is -4.46. The SMILES string of the molecule is COC(=O)CCc1ccc(OCc2ccccc2C(F)(F)F)c(-c2ccc3[nH]ccc3c2)c1. The van der Waals surface area contributed by atoms with E-state index < -0.39 is 11.7 Å². The number of alkyl halides is 3. The number of ether oxygens (including phenoxy) is 2. The number of hydrogen-bond donors (Lipinski definition) is 1. The molecule has 1 heterocycles. The van der Waals surface area contributed by atoms with Crippen LogP contribution in [0.25, 0.3) is 22.0 Å². The molecule has 1 N–H and O–H groups in total. The van der Waals surface area contributed by atoms with Crippen molar-refractivity contribution in [1.29, 1.82) is 0 Å². The Balaban J connectivity index is 1.67. The van der Waals surface area contributed by atoms with Gasteiger partial charge in [0.1, 0.15) is 12.4 Å². The van der Waals surface area contributed by atoms with E-state index in [0.717, 1.165) is 33.7 Å². The lowest BCUT2D eigenvalue weighted by molar-refractivity contribution is -0.140.